The van der Waals surface area contributed by atoms with Crippen LogP contribution in [0.25, 0.3) is 22.4 Å². The first-order chi connectivity index (χ1) is 21.4. The number of nitrogens with one attached hydrogen (secondary N) is 2. The molecule has 240 valence electrons. The smallest absolute Gasteiger partial charge is 0.417 e. The number of halogens is 9. The van der Waals surface area contributed by atoms with Crippen molar-refractivity contribution in [3.63, 3.8) is 0 Å². The highest BCUT2D eigenvalue weighted by Crippen LogP contribution is 2.46. The number of aromatic amines is 2. The van der Waals surface area contributed by atoms with Gasteiger partial charge in [0.25, 0.3) is 11.8 Å². The van der Waals surface area contributed by atoms with Crippen LogP contribution in [0.1, 0.15) is 45.7 Å². The predicted octanol–water partition coefficient (Wildman–Crippen LogP) is 7.68. The summed E-state index contributed by atoms with van der Waals surface area (Å²) in [6, 6.07) is 6.02. The normalized spacial score (nSPS) is 15.6. The van der Waals surface area contributed by atoms with Gasteiger partial charge in [0.1, 0.15) is 28.7 Å². The first kappa shape index (κ1) is 30.8. The average Bonchev–Trinajstić information content (AvgIpc) is 3.60. The van der Waals surface area contributed by atoms with E-state index in [0.717, 1.165) is 12.1 Å². The number of hydrogen-bond donors (Lipinski definition) is 2. The quantitative estimate of drug-likeness (QED) is 0.183. The summed E-state index contributed by atoms with van der Waals surface area (Å²) >= 11 is 0. The van der Waals surface area contributed by atoms with Crippen molar-refractivity contribution >= 4 is 17.0 Å². The van der Waals surface area contributed by atoms with Gasteiger partial charge in [-0.25, -0.2) is 18.0 Å². The SMILES string of the molecule is CC(F)(F)CN1C(=O)c2[nH]nc(-c3cccc4[nH]c(=O)oc34)c2C1c1ccc(Oc2cc(C(F)(F)F)cc(C(F)(F)F)c2)cc1F. The Morgan fingerprint density at radius 1 is 0.913 bits per heavy atom. The number of oxazole rings is 1. The summed E-state index contributed by atoms with van der Waals surface area (Å²) < 4.78 is 134. The summed E-state index contributed by atoms with van der Waals surface area (Å²) in [6.45, 7) is -0.639. The number of ether oxygens (including phenoxy) is 1. The van der Waals surface area contributed by atoms with Crippen molar-refractivity contribution in [2.45, 2.75) is 31.2 Å². The highest BCUT2D eigenvalue weighted by Gasteiger charge is 2.46. The van der Waals surface area contributed by atoms with E-state index in [1.807, 2.05) is 0 Å². The maximum Gasteiger partial charge on any atom is 0.417 e. The van der Waals surface area contributed by atoms with Gasteiger partial charge in [0.05, 0.1) is 29.2 Å². The third-order valence-electron chi connectivity index (χ3n) is 7.08. The van der Waals surface area contributed by atoms with Gasteiger partial charge in [-0.05, 0) is 42.5 Å². The van der Waals surface area contributed by atoms with Crippen molar-refractivity contribution in [1.29, 1.82) is 0 Å². The van der Waals surface area contributed by atoms with Gasteiger partial charge < -0.3 is 14.1 Å². The number of carbonyl (C=O) groups excluding carboxylic acids is 1. The topological polar surface area (TPSA) is 104 Å². The second-order valence-electron chi connectivity index (χ2n) is 10.5. The number of amides is 1. The molecule has 3 aromatic carbocycles. The van der Waals surface area contributed by atoms with Gasteiger partial charge in [0.2, 0.25) is 0 Å². The third kappa shape index (κ3) is 5.56. The van der Waals surface area contributed by atoms with Gasteiger partial charge in [-0.3, -0.25) is 14.9 Å². The Hall–Kier alpha value is -5.22. The van der Waals surface area contributed by atoms with E-state index in [-0.39, 0.29) is 45.2 Å². The van der Waals surface area contributed by atoms with Gasteiger partial charge in [-0.15, -0.1) is 0 Å². The molecule has 1 amide bonds. The second-order valence-corrected chi connectivity index (χ2v) is 10.5. The van der Waals surface area contributed by atoms with Crippen molar-refractivity contribution in [3.8, 4) is 22.8 Å². The maximum atomic E-state index is 15.8. The van der Waals surface area contributed by atoms with E-state index in [0.29, 0.717) is 30.0 Å². The van der Waals surface area contributed by atoms with Crippen molar-refractivity contribution in [2.75, 3.05) is 6.54 Å². The Balaban J connectivity index is 1.45. The predicted molar refractivity (Wildman–Crippen MR) is 141 cm³/mol. The monoisotopic (exact) mass is 656 g/mol. The van der Waals surface area contributed by atoms with Gasteiger partial charge in [-0.1, -0.05) is 6.07 Å². The fraction of sp³-hybridized carbons (Fsp3) is 0.207. The van der Waals surface area contributed by atoms with E-state index in [2.05, 4.69) is 15.2 Å². The zero-order valence-electron chi connectivity index (χ0n) is 22.9. The fourth-order valence-electron chi connectivity index (χ4n) is 5.26. The summed E-state index contributed by atoms with van der Waals surface area (Å²) in [6.07, 6.45) is -10.3. The van der Waals surface area contributed by atoms with Crippen LogP contribution in [0, 0.1) is 5.82 Å². The fourth-order valence-corrected chi connectivity index (χ4v) is 5.26. The first-order valence-electron chi connectivity index (χ1n) is 13.1. The molecule has 1 atom stereocenters. The molecule has 1 aliphatic rings. The molecule has 17 heteroatoms. The molecule has 0 saturated carbocycles. The van der Waals surface area contributed by atoms with E-state index in [1.165, 1.54) is 18.2 Å². The summed E-state index contributed by atoms with van der Waals surface area (Å²) in [5, 5.41) is 6.59. The number of H-pyrrole nitrogens is 2. The molecule has 46 heavy (non-hydrogen) atoms. The minimum absolute atomic E-state index is 0.0100. The number of rotatable bonds is 6. The minimum Gasteiger partial charge on any atom is -0.457 e. The first-order valence-corrected chi connectivity index (χ1v) is 13.1. The summed E-state index contributed by atoms with van der Waals surface area (Å²) in [4.78, 5) is 28.3. The standard InChI is InChI=1S/C29H17F9N4O4/c1-27(31,32)11-42-23(20-21(40-41-22(20)25(42)43)17-3-2-4-19-24(17)46-26(44)39-19)16-6-5-14(10-18(16)30)45-15-8-12(28(33,34)35)7-13(9-15)29(36,37)38/h2-10,23H,11H2,1H3,(H,39,44)(H,40,41). The molecule has 0 fully saturated rings. The third-order valence-corrected chi connectivity index (χ3v) is 7.08. The van der Waals surface area contributed by atoms with Gasteiger partial charge in [0, 0.05) is 29.7 Å². The van der Waals surface area contributed by atoms with Crippen LogP contribution in [-0.4, -0.2) is 38.5 Å². The number of alkyl halides is 8. The number of fused-ring (bicyclic) bond motifs is 2. The van der Waals surface area contributed by atoms with Crippen molar-refractivity contribution in [1.82, 2.24) is 20.1 Å². The number of benzene rings is 3. The van der Waals surface area contributed by atoms with E-state index in [9.17, 15) is 44.7 Å². The molecule has 0 saturated heterocycles. The van der Waals surface area contributed by atoms with E-state index in [4.69, 9.17) is 9.15 Å². The highest BCUT2D eigenvalue weighted by atomic mass is 19.4. The molecule has 6 rings (SSSR count). The Kier molecular flexibility index (Phi) is 6.97. The highest BCUT2D eigenvalue weighted by molar-refractivity contribution is 6.02. The Morgan fingerprint density at radius 3 is 2.20 bits per heavy atom. The minimum atomic E-state index is -5.17. The lowest BCUT2D eigenvalue weighted by Gasteiger charge is -2.29. The molecule has 0 radical (unpaired) electrons. The number of carbonyl (C=O) groups is 1. The van der Waals surface area contributed by atoms with Crippen molar-refractivity contribution < 1.29 is 53.5 Å². The van der Waals surface area contributed by atoms with Gasteiger partial charge in [-0.2, -0.15) is 31.4 Å². The molecular formula is C29H17F9N4O4. The van der Waals surface area contributed by atoms with Crippen LogP contribution in [0.5, 0.6) is 11.5 Å². The van der Waals surface area contributed by atoms with Crippen LogP contribution in [0.2, 0.25) is 0 Å². The van der Waals surface area contributed by atoms with Crippen LogP contribution in [-0.2, 0) is 12.4 Å². The van der Waals surface area contributed by atoms with E-state index < -0.39 is 71.0 Å². The number of aromatic nitrogens is 3. The van der Waals surface area contributed by atoms with Gasteiger partial charge in [0.15, 0.2) is 5.58 Å². The maximum absolute atomic E-state index is 15.8. The molecule has 2 aromatic heterocycles. The molecule has 0 spiro atoms. The molecule has 5 aromatic rings. The van der Waals surface area contributed by atoms with Crippen LogP contribution in [0.3, 0.4) is 0 Å². The molecule has 1 aliphatic heterocycles. The second kappa shape index (κ2) is 10.4. The molecule has 0 aliphatic carbocycles. The number of nitrogens with zero attached hydrogens (tertiary/aromatic N) is 2. The van der Waals surface area contributed by atoms with E-state index >= 15 is 4.39 Å². The van der Waals surface area contributed by atoms with Crippen LogP contribution in [0.15, 0.2) is 63.8 Å². The Labute approximate surface area is 250 Å². The van der Waals surface area contributed by atoms with Gasteiger partial charge >= 0.3 is 18.1 Å². The Bertz CT molecular complexity index is 2020. The van der Waals surface area contributed by atoms with Crippen molar-refractivity contribution in [2.24, 2.45) is 0 Å². The molecule has 3 heterocycles. The lowest BCUT2D eigenvalue weighted by atomic mass is 9.95. The zero-order chi connectivity index (χ0) is 33.3. The van der Waals surface area contributed by atoms with Crippen LogP contribution >= 0.6 is 0 Å². The average molecular weight is 656 g/mol. The number of para-hydroxylation sites is 1. The number of hydrogen-bond acceptors (Lipinski definition) is 5. The molecular weight excluding hydrogens is 639 g/mol. The molecule has 8 nitrogen and oxygen atoms in total. The molecule has 0 bridgehead atoms. The largest absolute Gasteiger partial charge is 0.457 e. The lowest BCUT2D eigenvalue weighted by molar-refractivity contribution is -0.143. The zero-order valence-corrected chi connectivity index (χ0v) is 22.9. The molecule has 2 N–H and O–H groups in total. The lowest BCUT2D eigenvalue weighted by Crippen LogP contribution is -2.38. The van der Waals surface area contributed by atoms with Crippen molar-refractivity contribution in [3.05, 3.63) is 98.9 Å². The van der Waals surface area contributed by atoms with Crippen LogP contribution < -0.4 is 10.5 Å². The Morgan fingerprint density at radius 2 is 1.59 bits per heavy atom. The summed E-state index contributed by atoms with van der Waals surface area (Å²) in [5.74, 6) is -7.88. The summed E-state index contributed by atoms with van der Waals surface area (Å²) in [5.41, 5.74) is -3.65. The van der Waals surface area contributed by atoms with E-state index in [1.54, 1.807) is 0 Å². The van der Waals surface area contributed by atoms with Crippen LogP contribution in [0.4, 0.5) is 39.5 Å². The molecule has 1 unspecified atom stereocenters. The summed E-state index contributed by atoms with van der Waals surface area (Å²) in [7, 11) is 0.